The lowest BCUT2D eigenvalue weighted by atomic mass is 10.6. The lowest BCUT2D eigenvalue weighted by Crippen LogP contribution is -2.05. The molecule has 7 heteroatoms. The number of hydrogen-bond acceptors (Lipinski definition) is 7. The standard InChI is InChI=1S/C6H10O.C3H6N6/c1-3-5-7-6-4-2;4-1-7-2(5)9-3(6)8-1/h3-4H,1-2,5-6H2;(H6,4,5,6,7,8,9). The molecular weight excluding hydrogens is 208 g/mol. The van der Waals surface area contributed by atoms with Crippen LogP contribution in [-0.4, -0.2) is 28.2 Å². The van der Waals surface area contributed by atoms with Crippen molar-refractivity contribution in [2.75, 3.05) is 30.4 Å². The molecule has 1 rings (SSSR count). The molecule has 88 valence electrons. The molecule has 0 atom stereocenters. The average molecular weight is 224 g/mol. The largest absolute Gasteiger partial charge is 0.373 e. The molecule has 0 amide bonds. The van der Waals surface area contributed by atoms with Gasteiger partial charge in [0.05, 0.1) is 13.2 Å². The molecule has 6 N–H and O–H groups in total. The zero-order valence-electron chi connectivity index (χ0n) is 8.97. The van der Waals surface area contributed by atoms with E-state index in [-0.39, 0.29) is 17.8 Å². The third-order valence-corrected chi connectivity index (χ3v) is 1.16. The van der Waals surface area contributed by atoms with Crippen LogP contribution in [0.15, 0.2) is 25.3 Å². The van der Waals surface area contributed by atoms with E-state index in [9.17, 15) is 0 Å². The zero-order chi connectivity index (χ0) is 12.4. The summed E-state index contributed by atoms with van der Waals surface area (Å²) in [5, 5.41) is 0. The number of hydrogen-bond donors (Lipinski definition) is 3. The summed E-state index contributed by atoms with van der Waals surface area (Å²) in [6.07, 6.45) is 3.42. The Labute approximate surface area is 94.0 Å². The lowest BCUT2D eigenvalue weighted by molar-refractivity contribution is 0.194. The molecule has 0 unspecified atom stereocenters. The van der Waals surface area contributed by atoms with Crippen LogP contribution in [-0.2, 0) is 4.74 Å². The molecule has 0 saturated carbocycles. The highest BCUT2D eigenvalue weighted by molar-refractivity contribution is 5.33. The van der Waals surface area contributed by atoms with E-state index in [1.165, 1.54) is 0 Å². The first-order chi connectivity index (χ1) is 7.60. The van der Waals surface area contributed by atoms with Crippen molar-refractivity contribution in [3.05, 3.63) is 25.3 Å². The van der Waals surface area contributed by atoms with E-state index < -0.39 is 0 Å². The van der Waals surface area contributed by atoms with Crippen molar-refractivity contribution < 1.29 is 4.74 Å². The Kier molecular flexibility index (Phi) is 7.08. The van der Waals surface area contributed by atoms with Crippen molar-refractivity contribution in [2.24, 2.45) is 0 Å². The van der Waals surface area contributed by atoms with Gasteiger partial charge >= 0.3 is 0 Å². The number of anilines is 3. The molecule has 16 heavy (non-hydrogen) atoms. The van der Waals surface area contributed by atoms with Crippen LogP contribution in [0.3, 0.4) is 0 Å². The molecule has 0 aliphatic heterocycles. The summed E-state index contributed by atoms with van der Waals surface area (Å²) >= 11 is 0. The molecule has 1 aromatic rings. The van der Waals surface area contributed by atoms with Crippen molar-refractivity contribution in [1.82, 2.24) is 15.0 Å². The van der Waals surface area contributed by atoms with Crippen molar-refractivity contribution in [3.63, 3.8) is 0 Å². The van der Waals surface area contributed by atoms with Crippen LogP contribution >= 0.6 is 0 Å². The van der Waals surface area contributed by atoms with E-state index in [2.05, 4.69) is 28.1 Å². The summed E-state index contributed by atoms with van der Waals surface area (Å²) in [4.78, 5) is 10.5. The van der Waals surface area contributed by atoms with E-state index in [1.807, 2.05) is 0 Å². The van der Waals surface area contributed by atoms with Crippen molar-refractivity contribution >= 4 is 17.8 Å². The predicted molar refractivity (Wildman–Crippen MR) is 64.3 cm³/mol. The van der Waals surface area contributed by atoms with Gasteiger partial charge in [-0.2, -0.15) is 15.0 Å². The van der Waals surface area contributed by atoms with E-state index in [1.54, 1.807) is 12.2 Å². The fourth-order valence-electron chi connectivity index (χ4n) is 0.662. The molecule has 7 nitrogen and oxygen atoms in total. The lowest BCUT2D eigenvalue weighted by Gasteiger charge is -1.93. The summed E-state index contributed by atoms with van der Waals surface area (Å²) in [6.45, 7) is 8.18. The van der Waals surface area contributed by atoms with Crippen molar-refractivity contribution in [3.8, 4) is 0 Å². The third-order valence-electron chi connectivity index (χ3n) is 1.16. The molecule has 1 heterocycles. The van der Waals surface area contributed by atoms with Gasteiger partial charge in [0.15, 0.2) is 0 Å². The Morgan fingerprint density at radius 2 is 1.19 bits per heavy atom. The molecule has 0 saturated heterocycles. The van der Waals surface area contributed by atoms with Crippen LogP contribution in [0.5, 0.6) is 0 Å². The van der Waals surface area contributed by atoms with Gasteiger partial charge in [-0.3, -0.25) is 0 Å². The smallest absolute Gasteiger partial charge is 0.226 e. The zero-order valence-corrected chi connectivity index (χ0v) is 8.97. The second-order valence-electron chi connectivity index (χ2n) is 2.52. The van der Waals surface area contributed by atoms with Crippen LogP contribution in [0, 0.1) is 0 Å². The second-order valence-corrected chi connectivity index (χ2v) is 2.52. The SMILES string of the molecule is C=CCOCC=C.Nc1nc(N)nc(N)n1. The first kappa shape index (κ1) is 13.8. The summed E-state index contributed by atoms with van der Waals surface area (Å²) in [5.74, 6) is 0.125. The van der Waals surface area contributed by atoms with Crippen LogP contribution < -0.4 is 17.2 Å². The van der Waals surface area contributed by atoms with Gasteiger partial charge in [-0.1, -0.05) is 12.2 Å². The van der Waals surface area contributed by atoms with Gasteiger partial charge in [0.25, 0.3) is 0 Å². The quantitative estimate of drug-likeness (QED) is 0.485. The first-order valence-electron chi connectivity index (χ1n) is 4.42. The molecule has 0 fully saturated rings. The normalized spacial score (nSPS) is 8.75. The molecule has 0 aliphatic rings. The topological polar surface area (TPSA) is 126 Å². The summed E-state index contributed by atoms with van der Waals surface area (Å²) < 4.78 is 4.90. The Bertz CT molecular complexity index is 282. The van der Waals surface area contributed by atoms with Gasteiger partial charge in [-0.15, -0.1) is 13.2 Å². The molecule has 0 spiro atoms. The molecule has 0 radical (unpaired) electrons. The van der Waals surface area contributed by atoms with Gasteiger partial charge in [-0.05, 0) is 0 Å². The number of nitrogen functional groups attached to an aromatic ring is 3. The minimum absolute atomic E-state index is 0.0417. The molecule has 1 aromatic heterocycles. The molecule has 0 aromatic carbocycles. The van der Waals surface area contributed by atoms with Gasteiger partial charge in [0.2, 0.25) is 17.8 Å². The summed E-state index contributed by atoms with van der Waals surface area (Å²) in [5.41, 5.74) is 15.4. The minimum Gasteiger partial charge on any atom is -0.373 e. The fourth-order valence-corrected chi connectivity index (χ4v) is 0.662. The number of nitrogens with two attached hydrogens (primary N) is 3. The van der Waals surface area contributed by atoms with Crippen LogP contribution in [0.2, 0.25) is 0 Å². The van der Waals surface area contributed by atoms with Crippen LogP contribution in [0.4, 0.5) is 17.8 Å². The first-order valence-corrected chi connectivity index (χ1v) is 4.42. The number of ether oxygens (including phenoxy) is 1. The van der Waals surface area contributed by atoms with Crippen molar-refractivity contribution in [1.29, 1.82) is 0 Å². The van der Waals surface area contributed by atoms with E-state index in [4.69, 9.17) is 21.9 Å². The third kappa shape index (κ3) is 7.27. The minimum atomic E-state index is 0.0417. The summed E-state index contributed by atoms with van der Waals surface area (Å²) in [6, 6.07) is 0. The monoisotopic (exact) mass is 224 g/mol. The fraction of sp³-hybridized carbons (Fsp3) is 0.222. The Morgan fingerprint density at radius 3 is 1.44 bits per heavy atom. The predicted octanol–water partition coefficient (Wildman–Crippen LogP) is -0.00680. The van der Waals surface area contributed by atoms with Gasteiger partial charge in [-0.25, -0.2) is 0 Å². The number of nitrogens with zero attached hydrogens (tertiary/aromatic N) is 3. The maximum Gasteiger partial charge on any atom is 0.226 e. The van der Waals surface area contributed by atoms with E-state index >= 15 is 0 Å². The van der Waals surface area contributed by atoms with Crippen LogP contribution in [0.1, 0.15) is 0 Å². The van der Waals surface area contributed by atoms with Gasteiger partial charge in [0, 0.05) is 0 Å². The van der Waals surface area contributed by atoms with Gasteiger partial charge in [0.1, 0.15) is 0 Å². The second kappa shape index (κ2) is 8.18. The highest BCUT2D eigenvalue weighted by atomic mass is 16.5. The van der Waals surface area contributed by atoms with E-state index in [0.717, 1.165) is 0 Å². The van der Waals surface area contributed by atoms with E-state index in [0.29, 0.717) is 13.2 Å². The Hall–Kier alpha value is -2.15. The average Bonchev–Trinajstić information content (AvgIpc) is 2.17. The van der Waals surface area contributed by atoms with Crippen LogP contribution in [0.25, 0.3) is 0 Å². The highest BCUT2D eigenvalue weighted by Crippen LogP contribution is 1.97. The number of rotatable bonds is 4. The molecule has 0 bridgehead atoms. The van der Waals surface area contributed by atoms with Crippen molar-refractivity contribution in [2.45, 2.75) is 0 Å². The maximum atomic E-state index is 5.14. The van der Waals surface area contributed by atoms with Gasteiger partial charge < -0.3 is 21.9 Å². The summed E-state index contributed by atoms with van der Waals surface area (Å²) in [7, 11) is 0. The number of aromatic nitrogens is 3. The Morgan fingerprint density at radius 1 is 0.875 bits per heavy atom. The highest BCUT2D eigenvalue weighted by Gasteiger charge is 1.93. The maximum absolute atomic E-state index is 5.14. The molecule has 0 aliphatic carbocycles. The Balaban J connectivity index is 0.000000293. The molecular formula is C9H16N6O.